The lowest BCUT2D eigenvalue weighted by Gasteiger charge is -2.39. The maximum Gasteiger partial charge on any atom is 0.320 e. The maximum atomic E-state index is 13.6. The molecule has 0 saturated carbocycles. The molecule has 2 aliphatic heterocycles. The first-order valence-corrected chi connectivity index (χ1v) is 12.4. The van der Waals surface area contributed by atoms with Crippen molar-refractivity contribution >= 4 is 11.9 Å². The van der Waals surface area contributed by atoms with Crippen molar-refractivity contribution in [3.63, 3.8) is 0 Å². The van der Waals surface area contributed by atoms with Gasteiger partial charge in [-0.3, -0.25) is 14.5 Å². The van der Waals surface area contributed by atoms with Crippen LogP contribution in [-0.2, 0) is 27.4 Å². The van der Waals surface area contributed by atoms with E-state index in [-0.39, 0.29) is 25.0 Å². The molecule has 2 aliphatic rings. The van der Waals surface area contributed by atoms with Crippen molar-refractivity contribution in [2.45, 2.75) is 59.2 Å². The van der Waals surface area contributed by atoms with E-state index >= 15 is 0 Å². The van der Waals surface area contributed by atoms with Crippen molar-refractivity contribution in [3.05, 3.63) is 58.1 Å². The highest BCUT2D eigenvalue weighted by Crippen LogP contribution is 2.43. The Morgan fingerprint density at radius 1 is 1.03 bits per heavy atom. The number of benzene rings is 2. The minimum atomic E-state index is -0.947. The first-order valence-electron chi connectivity index (χ1n) is 12.4. The number of aromatic hydroxyl groups is 1. The highest BCUT2D eigenvalue weighted by atomic mass is 16.5. The molecule has 0 aromatic heterocycles. The van der Waals surface area contributed by atoms with Gasteiger partial charge in [-0.1, -0.05) is 30.3 Å². The standard InChI is InChI=1S/C28H36N2O5/c1-19-20(2)26-23(21(3)25(19)32)11-12-28(4,35-26)27(33)30-14-8-13-29(15-16-30)17-24(31)34-18-22-9-6-5-7-10-22/h5-7,9-10,32H,8,11-18H2,1-4H3. The number of nitrogens with zero attached hydrogens (tertiary/aromatic N) is 2. The summed E-state index contributed by atoms with van der Waals surface area (Å²) >= 11 is 0. The van der Waals surface area contributed by atoms with Crippen LogP contribution in [0.1, 0.15) is 47.6 Å². The third-order valence-electron chi connectivity index (χ3n) is 7.44. The molecule has 0 bridgehead atoms. The molecule has 35 heavy (non-hydrogen) atoms. The van der Waals surface area contributed by atoms with E-state index in [1.807, 2.05) is 62.9 Å². The van der Waals surface area contributed by atoms with Crippen molar-refractivity contribution in [1.82, 2.24) is 9.80 Å². The number of fused-ring (bicyclic) bond motifs is 1. The van der Waals surface area contributed by atoms with Gasteiger partial charge in [-0.2, -0.15) is 0 Å². The van der Waals surface area contributed by atoms with Crippen molar-refractivity contribution < 1.29 is 24.2 Å². The first-order chi connectivity index (χ1) is 16.7. The summed E-state index contributed by atoms with van der Waals surface area (Å²) < 4.78 is 11.8. The molecule has 2 heterocycles. The Morgan fingerprint density at radius 3 is 2.51 bits per heavy atom. The van der Waals surface area contributed by atoms with E-state index in [1.165, 1.54) is 0 Å². The zero-order valence-corrected chi connectivity index (χ0v) is 21.2. The summed E-state index contributed by atoms with van der Waals surface area (Å²) in [6.45, 7) is 10.6. The van der Waals surface area contributed by atoms with Crippen LogP contribution >= 0.6 is 0 Å². The van der Waals surface area contributed by atoms with E-state index in [1.54, 1.807) is 0 Å². The van der Waals surface area contributed by atoms with Crippen molar-refractivity contribution in [2.24, 2.45) is 0 Å². The molecule has 0 radical (unpaired) electrons. The molecular formula is C28H36N2O5. The second kappa shape index (κ2) is 10.3. The van der Waals surface area contributed by atoms with Crippen LogP contribution in [0.3, 0.4) is 0 Å². The van der Waals surface area contributed by atoms with E-state index in [0.717, 1.165) is 46.5 Å². The van der Waals surface area contributed by atoms with Crippen molar-refractivity contribution in [2.75, 3.05) is 32.7 Å². The topological polar surface area (TPSA) is 79.3 Å². The zero-order valence-electron chi connectivity index (χ0n) is 21.2. The van der Waals surface area contributed by atoms with E-state index in [2.05, 4.69) is 4.90 Å². The summed E-state index contributed by atoms with van der Waals surface area (Å²) in [6, 6.07) is 9.64. The SMILES string of the molecule is Cc1c(C)c2c(c(C)c1O)CCC(C)(C(=O)N1CCCN(CC(=O)OCc3ccccc3)CC1)O2. The van der Waals surface area contributed by atoms with Gasteiger partial charge >= 0.3 is 5.97 Å². The lowest BCUT2D eigenvalue weighted by atomic mass is 9.86. The van der Waals surface area contributed by atoms with Crippen LogP contribution in [0.2, 0.25) is 0 Å². The maximum absolute atomic E-state index is 13.6. The summed E-state index contributed by atoms with van der Waals surface area (Å²) in [7, 11) is 0. The van der Waals surface area contributed by atoms with Gasteiger partial charge in [-0.25, -0.2) is 0 Å². The number of phenolic OH excluding ortho intramolecular Hbond substituents is 1. The Kier molecular flexibility index (Phi) is 7.36. The molecule has 188 valence electrons. The predicted octanol–water partition coefficient (Wildman–Crippen LogP) is 3.68. The summed E-state index contributed by atoms with van der Waals surface area (Å²) in [5.41, 5.74) is 3.53. The molecule has 1 N–H and O–H groups in total. The Labute approximate surface area is 207 Å². The molecule has 2 aromatic carbocycles. The van der Waals surface area contributed by atoms with Crippen LogP contribution in [0.5, 0.6) is 11.5 Å². The monoisotopic (exact) mass is 480 g/mol. The highest BCUT2D eigenvalue weighted by Gasteiger charge is 2.43. The number of amides is 1. The minimum absolute atomic E-state index is 0.0144. The summed E-state index contributed by atoms with van der Waals surface area (Å²) in [4.78, 5) is 29.9. The number of hydrogen-bond acceptors (Lipinski definition) is 6. The van der Waals surface area contributed by atoms with E-state index < -0.39 is 5.60 Å². The zero-order chi connectivity index (χ0) is 25.2. The minimum Gasteiger partial charge on any atom is -0.507 e. The van der Waals surface area contributed by atoms with Crippen LogP contribution in [0, 0.1) is 20.8 Å². The first kappa shape index (κ1) is 25.0. The number of carbonyl (C=O) groups is 2. The number of esters is 1. The fourth-order valence-electron chi connectivity index (χ4n) is 5.03. The average molecular weight is 481 g/mol. The Balaban J connectivity index is 1.36. The lowest BCUT2D eigenvalue weighted by molar-refractivity contribution is -0.148. The van der Waals surface area contributed by atoms with Crippen LogP contribution in [0.25, 0.3) is 0 Å². The third-order valence-corrected chi connectivity index (χ3v) is 7.44. The predicted molar refractivity (Wildman–Crippen MR) is 134 cm³/mol. The van der Waals surface area contributed by atoms with Crippen LogP contribution in [-0.4, -0.2) is 65.1 Å². The molecule has 2 aromatic rings. The average Bonchev–Trinajstić information content (AvgIpc) is 3.10. The molecule has 7 nitrogen and oxygen atoms in total. The fourth-order valence-corrected chi connectivity index (χ4v) is 5.03. The molecule has 1 fully saturated rings. The molecule has 0 spiro atoms. The van der Waals surface area contributed by atoms with E-state index in [9.17, 15) is 14.7 Å². The largest absolute Gasteiger partial charge is 0.507 e. The Morgan fingerprint density at radius 2 is 1.77 bits per heavy atom. The Bertz CT molecular complexity index is 1100. The molecule has 4 rings (SSSR count). The Hall–Kier alpha value is -3.06. The number of hydrogen-bond donors (Lipinski definition) is 1. The van der Waals surface area contributed by atoms with Crippen LogP contribution < -0.4 is 4.74 Å². The number of ether oxygens (including phenoxy) is 2. The van der Waals surface area contributed by atoms with Crippen LogP contribution in [0.4, 0.5) is 0 Å². The van der Waals surface area contributed by atoms with Gasteiger partial charge in [0.05, 0.1) is 6.54 Å². The molecule has 1 amide bonds. The van der Waals surface area contributed by atoms with E-state index in [4.69, 9.17) is 9.47 Å². The van der Waals surface area contributed by atoms with Crippen molar-refractivity contribution in [3.8, 4) is 11.5 Å². The summed E-state index contributed by atoms with van der Waals surface area (Å²) in [5.74, 6) is 0.781. The van der Waals surface area contributed by atoms with Gasteiger partial charge in [-0.15, -0.1) is 0 Å². The summed E-state index contributed by atoms with van der Waals surface area (Å²) in [5, 5.41) is 10.4. The van der Waals surface area contributed by atoms with Gasteiger partial charge in [0.15, 0.2) is 5.60 Å². The number of phenols is 1. The molecule has 1 saturated heterocycles. The highest BCUT2D eigenvalue weighted by molar-refractivity contribution is 5.86. The van der Waals surface area contributed by atoms with Gasteiger partial charge in [0.25, 0.3) is 5.91 Å². The molecule has 1 unspecified atom stereocenters. The van der Waals surface area contributed by atoms with Crippen LogP contribution in [0.15, 0.2) is 30.3 Å². The summed E-state index contributed by atoms with van der Waals surface area (Å²) in [6.07, 6.45) is 2.04. The normalized spacial score (nSPS) is 20.5. The second-order valence-corrected chi connectivity index (χ2v) is 9.93. The van der Waals surface area contributed by atoms with Gasteiger partial charge in [0.2, 0.25) is 0 Å². The molecule has 0 aliphatic carbocycles. The van der Waals surface area contributed by atoms with Gasteiger partial charge in [0, 0.05) is 38.2 Å². The number of carbonyl (C=O) groups excluding carboxylic acids is 2. The quantitative estimate of drug-likeness (QED) is 0.658. The van der Waals surface area contributed by atoms with Crippen molar-refractivity contribution in [1.29, 1.82) is 0 Å². The third kappa shape index (κ3) is 5.30. The van der Waals surface area contributed by atoms with Gasteiger partial charge in [0.1, 0.15) is 18.1 Å². The van der Waals surface area contributed by atoms with E-state index in [0.29, 0.717) is 38.2 Å². The number of rotatable bonds is 5. The smallest absolute Gasteiger partial charge is 0.320 e. The fraction of sp³-hybridized carbons (Fsp3) is 0.500. The van der Waals surface area contributed by atoms with Gasteiger partial charge in [-0.05, 0) is 62.8 Å². The molecule has 1 atom stereocenters. The lowest BCUT2D eigenvalue weighted by Crippen LogP contribution is -2.53. The molecular weight excluding hydrogens is 444 g/mol. The molecule has 7 heteroatoms. The second-order valence-electron chi connectivity index (χ2n) is 9.93. The van der Waals surface area contributed by atoms with Gasteiger partial charge < -0.3 is 19.5 Å².